The maximum atomic E-state index is 2.59. The summed E-state index contributed by atoms with van der Waals surface area (Å²) in [5, 5.41) is 5.03. The van der Waals surface area contributed by atoms with Gasteiger partial charge in [-0.1, -0.05) is 212 Å². The molecule has 290 valence electrons. The van der Waals surface area contributed by atoms with E-state index in [1.807, 2.05) is 0 Å². The van der Waals surface area contributed by atoms with Gasteiger partial charge in [-0.25, -0.2) is 0 Å². The molecule has 0 saturated heterocycles. The number of hydrogen-bond donors (Lipinski definition) is 0. The van der Waals surface area contributed by atoms with Crippen LogP contribution in [0.2, 0.25) is 0 Å². The standard InChI is InChI=1S/C61H41N/c1-4-18-40(19-5-1)57-36-37-58(41-20-6-2-7-21-41)62(57)44-33-35-51-52(39-44)60(50-28-11-10-27-49(50)59(51)42-22-8-3-9-23-42)43-32-34-48-47-26-14-17-31-55(47)61(56(48)38-43)53-29-15-12-24-45(53)46-25-13-16-30-54(46)61/h1-36,38-39,58H,37H2. The average Bonchev–Trinajstić information content (AvgIpc) is 4.01. The van der Waals surface area contributed by atoms with Crippen LogP contribution in [0.3, 0.4) is 0 Å². The van der Waals surface area contributed by atoms with E-state index in [-0.39, 0.29) is 6.04 Å². The first kappa shape index (κ1) is 35.1. The quantitative estimate of drug-likeness (QED) is 0.157. The van der Waals surface area contributed by atoms with E-state index in [0.717, 1.165) is 6.42 Å². The van der Waals surface area contributed by atoms with Crippen LogP contribution in [0, 0.1) is 0 Å². The van der Waals surface area contributed by atoms with Crippen molar-refractivity contribution in [1.82, 2.24) is 0 Å². The molecule has 3 aliphatic rings. The van der Waals surface area contributed by atoms with Crippen LogP contribution in [0.4, 0.5) is 5.69 Å². The predicted octanol–water partition coefficient (Wildman–Crippen LogP) is 15.7. The number of hydrogen-bond acceptors (Lipinski definition) is 1. The maximum Gasteiger partial charge on any atom is 0.0725 e. The van der Waals surface area contributed by atoms with Crippen molar-refractivity contribution >= 4 is 32.9 Å². The highest BCUT2D eigenvalue weighted by Gasteiger charge is 2.51. The van der Waals surface area contributed by atoms with Crippen molar-refractivity contribution in [1.29, 1.82) is 0 Å². The lowest BCUT2D eigenvalue weighted by molar-refractivity contribution is 0.749. The van der Waals surface area contributed by atoms with Crippen LogP contribution in [0.5, 0.6) is 0 Å². The minimum Gasteiger partial charge on any atom is -0.333 e. The summed E-state index contributed by atoms with van der Waals surface area (Å²) in [4.78, 5) is 2.59. The summed E-state index contributed by atoms with van der Waals surface area (Å²) in [7, 11) is 0. The summed E-state index contributed by atoms with van der Waals surface area (Å²) < 4.78 is 0. The first-order valence-corrected chi connectivity index (χ1v) is 21.9. The second-order valence-electron chi connectivity index (χ2n) is 17.0. The molecule has 1 nitrogen and oxygen atoms in total. The molecule has 1 heteroatoms. The van der Waals surface area contributed by atoms with Gasteiger partial charge < -0.3 is 4.90 Å². The third-order valence-corrected chi connectivity index (χ3v) is 14.0. The van der Waals surface area contributed by atoms with Crippen molar-refractivity contribution < 1.29 is 0 Å². The van der Waals surface area contributed by atoms with Gasteiger partial charge in [-0.05, 0) is 124 Å². The molecule has 0 N–H and O–H groups in total. The fraction of sp³-hybridized carbons (Fsp3) is 0.0492. The monoisotopic (exact) mass is 787 g/mol. The van der Waals surface area contributed by atoms with Gasteiger partial charge in [-0.15, -0.1) is 0 Å². The minimum absolute atomic E-state index is 0.169. The van der Waals surface area contributed by atoms with E-state index < -0.39 is 5.41 Å². The Bertz CT molecular complexity index is 3370. The summed E-state index contributed by atoms with van der Waals surface area (Å²) in [5.41, 5.74) is 20.3. The lowest BCUT2D eigenvalue weighted by Crippen LogP contribution is -2.25. The van der Waals surface area contributed by atoms with E-state index in [1.54, 1.807) is 0 Å². The largest absolute Gasteiger partial charge is 0.333 e. The Labute approximate surface area is 362 Å². The van der Waals surface area contributed by atoms with E-state index in [0.29, 0.717) is 0 Å². The van der Waals surface area contributed by atoms with Crippen molar-refractivity contribution in [2.75, 3.05) is 4.90 Å². The summed E-state index contributed by atoms with van der Waals surface area (Å²) >= 11 is 0. The molecule has 13 rings (SSSR count). The zero-order chi connectivity index (χ0) is 40.8. The third-order valence-electron chi connectivity index (χ3n) is 14.0. The Morgan fingerprint density at radius 2 is 0.839 bits per heavy atom. The molecule has 1 aliphatic heterocycles. The molecular formula is C61H41N. The molecule has 0 saturated carbocycles. The van der Waals surface area contributed by atoms with Crippen LogP contribution < -0.4 is 4.90 Å². The fourth-order valence-electron chi connectivity index (χ4n) is 11.5. The van der Waals surface area contributed by atoms with E-state index in [9.17, 15) is 0 Å². The zero-order valence-electron chi connectivity index (χ0n) is 34.2. The average molecular weight is 788 g/mol. The van der Waals surface area contributed by atoms with Gasteiger partial charge in [0.25, 0.3) is 0 Å². The van der Waals surface area contributed by atoms with Crippen molar-refractivity contribution in [2.45, 2.75) is 17.9 Å². The highest BCUT2D eigenvalue weighted by atomic mass is 15.2. The Balaban J connectivity index is 1.12. The fourth-order valence-corrected chi connectivity index (χ4v) is 11.5. The summed E-state index contributed by atoms with van der Waals surface area (Å²) in [5.74, 6) is 0. The van der Waals surface area contributed by atoms with Gasteiger partial charge in [-0.3, -0.25) is 0 Å². The number of fused-ring (bicyclic) bond motifs is 12. The lowest BCUT2D eigenvalue weighted by atomic mass is 9.70. The van der Waals surface area contributed by atoms with Gasteiger partial charge in [-0.2, -0.15) is 0 Å². The topological polar surface area (TPSA) is 3.24 Å². The predicted molar refractivity (Wildman–Crippen MR) is 259 cm³/mol. The molecule has 62 heavy (non-hydrogen) atoms. The Hall–Kier alpha value is -7.74. The molecule has 1 heterocycles. The summed E-state index contributed by atoms with van der Waals surface area (Å²) in [6.07, 6.45) is 3.37. The zero-order valence-corrected chi connectivity index (χ0v) is 34.2. The molecule has 0 radical (unpaired) electrons. The summed E-state index contributed by atoms with van der Waals surface area (Å²) in [6.45, 7) is 0. The molecule has 0 fully saturated rings. The van der Waals surface area contributed by atoms with Crippen molar-refractivity contribution in [3.63, 3.8) is 0 Å². The van der Waals surface area contributed by atoms with E-state index in [2.05, 4.69) is 235 Å². The van der Waals surface area contributed by atoms with Gasteiger partial charge in [0, 0.05) is 11.4 Å². The van der Waals surface area contributed by atoms with Gasteiger partial charge in [0.05, 0.1) is 11.5 Å². The molecule has 10 aromatic rings. The van der Waals surface area contributed by atoms with Gasteiger partial charge >= 0.3 is 0 Å². The van der Waals surface area contributed by atoms with Gasteiger partial charge in [0.1, 0.15) is 0 Å². The second kappa shape index (κ2) is 13.6. The maximum absolute atomic E-state index is 2.59. The SMILES string of the molecule is C1=C(c2ccccc2)N(c2ccc3c(-c4ccccc4)c4ccccc4c(-c4ccc5c(c4)C4(c6ccccc6-c6ccccc64)c4ccccc4-5)c3c2)C(c2ccccc2)C1. The molecule has 0 amide bonds. The van der Waals surface area contributed by atoms with E-state index in [1.165, 1.54) is 111 Å². The summed E-state index contributed by atoms with van der Waals surface area (Å²) in [6, 6.07) is 84.1. The van der Waals surface area contributed by atoms with Crippen LogP contribution in [0.1, 0.15) is 45.8 Å². The number of rotatable bonds is 5. The van der Waals surface area contributed by atoms with Gasteiger partial charge in [0.2, 0.25) is 0 Å². The molecule has 1 atom stereocenters. The molecular weight excluding hydrogens is 747 g/mol. The van der Waals surface area contributed by atoms with Crippen molar-refractivity contribution in [2.24, 2.45) is 0 Å². The molecule has 2 aliphatic carbocycles. The molecule has 10 aromatic carbocycles. The van der Waals surface area contributed by atoms with Crippen LogP contribution >= 0.6 is 0 Å². The molecule has 1 spiro atoms. The van der Waals surface area contributed by atoms with Crippen molar-refractivity contribution in [3.05, 3.63) is 264 Å². The molecule has 0 aromatic heterocycles. The van der Waals surface area contributed by atoms with E-state index in [4.69, 9.17) is 0 Å². The number of nitrogens with zero attached hydrogens (tertiary/aromatic N) is 1. The number of benzene rings is 10. The highest BCUT2D eigenvalue weighted by Crippen LogP contribution is 2.63. The van der Waals surface area contributed by atoms with Crippen LogP contribution in [-0.4, -0.2) is 0 Å². The van der Waals surface area contributed by atoms with Crippen LogP contribution in [-0.2, 0) is 5.41 Å². The first-order chi connectivity index (χ1) is 30.8. The van der Waals surface area contributed by atoms with Crippen molar-refractivity contribution in [3.8, 4) is 44.5 Å². The molecule has 0 bridgehead atoms. The Kier molecular flexibility index (Phi) is 7.71. The van der Waals surface area contributed by atoms with Crippen LogP contribution in [0.25, 0.3) is 71.7 Å². The smallest absolute Gasteiger partial charge is 0.0725 e. The number of anilines is 1. The van der Waals surface area contributed by atoms with Crippen LogP contribution in [0.15, 0.2) is 231 Å². The highest BCUT2D eigenvalue weighted by molar-refractivity contribution is 6.22. The normalized spacial score (nSPS) is 15.4. The Morgan fingerprint density at radius 1 is 0.355 bits per heavy atom. The third kappa shape index (κ3) is 4.91. The lowest BCUT2D eigenvalue weighted by Gasteiger charge is -2.32. The Morgan fingerprint density at radius 3 is 1.45 bits per heavy atom. The molecule has 1 unspecified atom stereocenters. The minimum atomic E-state index is -0.427. The first-order valence-electron chi connectivity index (χ1n) is 21.9. The van der Waals surface area contributed by atoms with E-state index >= 15 is 0 Å². The van der Waals surface area contributed by atoms with Gasteiger partial charge in [0.15, 0.2) is 0 Å². The second-order valence-corrected chi connectivity index (χ2v) is 17.0.